The van der Waals surface area contributed by atoms with Gasteiger partial charge in [-0.2, -0.15) is 0 Å². The Labute approximate surface area is 145 Å². The molecule has 2 aromatic carbocycles. The van der Waals surface area contributed by atoms with Gasteiger partial charge in [-0.1, -0.05) is 42.5 Å². The van der Waals surface area contributed by atoms with Crippen molar-refractivity contribution in [3.8, 4) is 16.9 Å². The summed E-state index contributed by atoms with van der Waals surface area (Å²) in [5, 5.41) is 0. The Morgan fingerprint density at radius 3 is 1.88 bits per heavy atom. The minimum atomic E-state index is -2.80. The van der Waals surface area contributed by atoms with Gasteiger partial charge in [0.25, 0.3) is 0 Å². The van der Waals surface area contributed by atoms with Crippen molar-refractivity contribution in [2.24, 2.45) is 0 Å². The van der Waals surface area contributed by atoms with Crippen LogP contribution in [0.4, 0.5) is 0 Å². The predicted molar refractivity (Wildman–Crippen MR) is 98.0 cm³/mol. The van der Waals surface area contributed by atoms with Crippen molar-refractivity contribution >= 4 is 8.80 Å². The molecule has 0 aliphatic heterocycles. The molecular formula is C19H26O4Si. The van der Waals surface area contributed by atoms with Gasteiger partial charge in [-0.15, -0.1) is 0 Å². The molecule has 24 heavy (non-hydrogen) atoms. The summed E-state index contributed by atoms with van der Waals surface area (Å²) in [6, 6.07) is 18.3. The van der Waals surface area contributed by atoms with Gasteiger partial charge in [0.05, 0.1) is 0 Å². The SMILES string of the molecule is CCO[Si](COc1cccc(-c2ccccc2)c1)(OCC)OCC. The molecule has 5 heteroatoms. The van der Waals surface area contributed by atoms with Crippen LogP contribution in [0.2, 0.25) is 0 Å². The summed E-state index contributed by atoms with van der Waals surface area (Å²) in [5.41, 5.74) is 2.27. The van der Waals surface area contributed by atoms with Gasteiger partial charge in [0, 0.05) is 19.8 Å². The molecule has 0 saturated carbocycles. The van der Waals surface area contributed by atoms with E-state index in [0.717, 1.165) is 16.9 Å². The summed E-state index contributed by atoms with van der Waals surface area (Å²) in [6.45, 7) is 7.44. The second-order valence-electron chi connectivity index (χ2n) is 5.16. The second-order valence-corrected chi connectivity index (χ2v) is 7.69. The van der Waals surface area contributed by atoms with Gasteiger partial charge in [0.15, 0.2) is 6.23 Å². The van der Waals surface area contributed by atoms with Crippen LogP contribution in [0, 0.1) is 0 Å². The minimum Gasteiger partial charge on any atom is -0.489 e. The molecule has 130 valence electrons. The molecule has 0 fully saturated rings. The summed E-state index contributed by atoms with van der Waals surface area (Å²) in [7, 11) is -2.80. The lowest BCUT2D eigenvalue weighted by molar-refractivity contribution is 0.0541. The lowest BCUT2D eigenvalue weighted by Crippen LogP contribution is -2.51. The molecule has 0 aliphatic rings. The molecule has 0 bridgehead atoms. The lowest BCUT2D eigenvalue weighted by atomic mass is 10.1. The normalized spacial score (nSPS) is 11.5. The summed E-state index contributed by atoms with van der Waals surface area (Å²) in [6.07, 6.45) is 0.306. The highest BCUT2D eigenvalue weighted by Gasteiger charge is 2.42. The molecule has 2 aromatic rings. The van der Waals surface area contributed by atoms with Crippen LogP contribution in [0.3, 0.4) is 0 Å². The van der Waals surface area contributed by atoms with E-state index in [1.54, 1.807) is 0 Å². The van der Waals surface area contributed by atoms with Crippen molar-refractivity contribution < 1.29 is 18.0 Å². The third-order valence-electron chi connectivity index (χ3n) is 3.45. The summed E-state index contributed by atoms with van der Waals surface area (Å²) in [5.74, 6) is 0.785. The number of hydrogen-bond acceptors (Lipinski definition) is 4. The fraction of sp³-hybridized carbons (Fsp3) is 0.368. The number of ether oxygens (including phenoxy) is 1. The standard InChI is InChI=1S/C19H26O4Si/c1-4-21-24(22-5-2,23-6-3)16-20-19-14-10-13-18(15-19)17-11-8-7-9-12-17/h7-15H,4-6,16H2,1-3H3. The highest BCUT2D eigenvalue weighted by Crippen LogP contribution is 2.24. The van der Waals surface area contributed by atoms with Crippen LogP contribution in [0.5, 0.6) is 5.75 Å². The smallest absolute Gasteiger partial charge is 0.489 e. The molecule has 0 saturated heterocycles. The second kappa shape index (κ2) is 9.59. The van der Waals surface area contributed by atoms with E-state index in [-0.39, 0.29) is 0 Å². The Morgan fingerprint density at radius 1 is 0.708 bits per heavy atom. The third-order valence-corrected chi connectivity index (χ3v) is 6.13. The number of hydrogen-bond donors (Lipinski definition) is 0. The van der Waals surface area contributed by atoms with Crippen molar-refractivity contribution in [1.29, 1.82) is 0 Å². The first-order chi connectivity index (χ1) is 11.7. The van der Waals surface area contributed by atoms with E-state index in [0.29, 0.717) is 26.1 Å². The van der Waals surface area contributed by atoms with Crippen LogP contribution >= 0.6 is 0 Å². The van der Waals surface area contributed by atoms with Gasteiger partial charge in [-0.25, -0.2) is 0 Å². The zero-order valence-corrected chi connectivity index (χ0v) is 15.7. The maximum Gasteiger partial charge on any atom is 0.540 e. The Bertz CT molecular complexity index is 586. The summed E-state index contributed by atoms with van der Waals surface area (Å²) in [4.78, 5) is 0. The zero-order valence-electron chi connectivity index (χ0n) is 14.7. The van der Waals surface area contributed by atoms with Crippen LogP contribution in [-0.2, 0) is 13.3 Å². The molecule has 4 nitrogen and oxygen atoms in total. The van der Waals surface area contributed by atoms with Crippen LogP contribution in [0.1, 0.15) is 20.8 Å². The Balaban J connectivity index is 2.12. The quantitative estimate of drug-likeness (QED) is 0.600. The van der Waals surface area contributed by atoms with Crippen molar-refractivity contribution in [3.63, 3.8) is 0 Å². The van der Waals surface area contributed by atoms with Gasteiger partial charge in [-0.05, 0) is 44.0 Å². The van der Waals surface area contributed by atoms with Crippen molar-refractivity contribution in [3.05, 3.63) is 54.6 Å². The molecule has 0 spiro atoms. The zero-order chi connectivity index (χ0) is 17.3. The van der Waals surface area contributed by atoms with Gasteiger partial charge in [-0.3, -0.25) is 0 Å². The van der Waals surface area contributed by atoms with E-state index in [1.165, 1.54) is 0 Å². The van der Waals surface area contributed by atoms with E-state index in [4.69, 9.17) is 18.0 Å². The van der Waals surface area contributed by atoms with Crippen LogP contribution in [0.15, 0.2) is 54.6 Å². The maximum absolute atomic E-state index is 5.98. The highest BCUT2D eigenvalue weighted by atomic mass is 28.4. The van der Waals surface area contributed by atoms with E-state index >= 15 is 0 Å². The van der Waals surface area contributed by atoms with Gasteiger partial charge >= 0.3 is 8.80 Å². The topological polar surface area (TPSA) is 36.9 Å². The fourth-order valence-electron chi connectivity index (χ4n) is 2.48. The van der Waals surface area contributed by atoms with E-state index in [1.807, 2.05) is 57.2 Å². The first-order valence-corrected chi connectivity index (χ1v) is 10.4. The maximum atomic E-state index is 5.98. The minimum absolute atomic E-state index is 0.306. The largest absolute Gasteiger partial charge is 0.540 e. The van der Waals surface area contributed by atoms with E-state index in [2.05, 4.69) is 18.2 Å². The molecule has 0 radical (unpaired) electrons. The monoisotopic (exact) mass is 346 g/mol. The average molecular weight is 346 g/mol. The summed E-state index contributed by atoms with van der Waals surface area (Å²) >= 11 is 0. The van der Waals surface area contributed by atoms with Crippen molar-refractivity contribution in [2.45, 2.75) is 20.8 Å². The van der Waals surface area contributed by atoms with Crippen LogP contribution < -0.4 is 4.74 Å². The Kier molecular flexibility index (Phi) is 7.46. The molecule has 0 N–H and O–H groups in total. The molecule has 0 amide bonds. The molecule has 0 heterocycles. The molecule has 0 aliphatic carbocycles. The first-order valence-electron chi connectivity index (χ1n) is 8.43. The van der Waals surface area contributed by atoms with Crippen molar-refractivity contribution in [2.75, 3.05) is 26.1 Å². The Hall–Kier alpha value is -1.66. The molecule has 2 rings (SSSR count). The number of rotatable bonds is 10. The van der Waals surface area contributed by atoms with Crippen LogP contribution in [0.25, 0.3) is 11.1 Å². The molecule has 0 atom stereocenters. The Morgan fingerprint density at radius 2 is 1.29 bits per heavy atom. The lowest BCUT2D eigenvalue weighted by Gasteiger charge is -2.28. The molecule has 0 unspecified atom stereocenters. The summed E-state index contributed by atoms with van der Waals surface area (Å²) < 4.78 is 23.4. The highest BCUT2D eigenvalue weighted by molar-refractivity contribution is 6.60. The average Bonchev–Trinajstić information content (AvgIpc) is 2.62. The first kappa shape index (κ1) is 18.7. The van der Waals surface area contributed by atoms with Gasteiger partial charge < -0.3 is 18.0 Å². The third kappa shape index (κ3) is 5.17. The molecular weight excluding hydrogens is 320 g/mol. The van der Waals surface area contributed by atoms with Gasteiger partial charge in [0.1, 0.15) is 5.75 Å². The molecule has 0 aromatic heterocycles. The van der Waals surface area contributed by atoms with Crippen LogP contribution in [-0.4, -0.2) is 34.9 Å². The number of benzene rings is 2. The van der Waals surface area contributed by atoms with Gasteiger partial charge in [0.2, 0.25) is 0 Å². The predicted octanol–water partition coefficient (Wildman–Crippen LogP) is 4.32. The van der Waals surface area contributed by atoms with E-state index in [9.17, 15) is 0 Å². The van der Waals surface area contributed by atoms with E-state index < -0.39 is 8.80 Å². The van der Waals surface area contributed by atoms with Crippen molar-refractivity contribution in [1.82, 2.24) is 0 Å². The fourth-order valence-corrected chi connectivity index (χ4v) is 4.64.